The van der Waals surface area contributed by atoms with Gasteiger partial charge >= 0.3 is 5.56 Å². The predicted octanol–water partition coefficient (Wildman–Crippen LogP) is 2.86. The monoisotopic (exact) mass is 515 g/mol. The van der Waals surface area contributed by atoms with Crippen LogP contribution in [-0.2, 0) is 15.8 Å². The molecule has 5 rings (SSSR count). The molecule has 1 aliphatic carbocycles. The molecule has 1 saturated heterocycles. The molecule has 184 valence electrons. The molecule has 2 aliphatic rings. The van der Waals surface area contributed by atoms with Crippen LogP contribution in [0.15, 0.2) is 59.8 Å². The van der Waals surface area contributed by atoms with E-state index in [-0.39, 0.29) is 23.2 Å². The maximum atomic E-state index is 13.4. The van der Waals surface area contributed by atoms with Crippen molar-refractivity contribution in [1.29, 1.82) is 0 Å². The van der Waals surface area contributed by atoms with Crippen molar-refractivity contribution in [3.8, 4) is 11.4 Å². The molecule has 0 unspecified atom stereocenters. The van der Waals surface area contributed by atoms with Crippen LogP contribution in [0.2, 0.25) is 5.02 Å². The zero-order valence-corrected chi connectivity index (χ0v) is 20.7. The van der Waals surface area contributed by atoms with E-state index in [0.29, 0.717) is 48.1 Å². The number of halogens is 1. The molecule has 2 fully saturated rings. The van der Waals surface area contributed by atoms with E-state index in [2.05, 4.69) is 10.1 Å². The van der Waals surface area contributed by atoms with Gasteiger partial charge in [-0.15, -0.1) is 0 Å². The number of sulfonamides is 1. The molecule has 0 N–H and O–H groups in total. The van der Waals surface area contributed by atoms with Gasteiger partial charge in [0.15, 0.2) is 0 Å². The molecule has 0 atom stereocenters. The molecule has 1 saturated carbocycles. The summed E-state index contributed by atoms with van der Waals surface area (Å²) in [6.07, 6.45) is 7.68. The summed E-state index contributed by atoms with van der Waals surface area (Å²) < 4.78 is 34.8. The molecule has 1 aromatic carbocycles. The standard InChI is InChI=1S/C24H26ClN5O4S/c25-19-5-1-6-20(14-19)30-24(31)23(34-21-7-2-8-21)22(16-27-30)28-10-12-29(13-11-28)35(32,33)17-18-4-3-9-26-15-18/h1,3-6,9,14-16,21H,2,7-8,10-13,17H2. The van der Waals surface area contributed by atoms with E-state index < -0.39 is 10.0 Å². The lowest BCUT2D eigenvalue weighted by Gasteiger charge is -2.36. The molecule has 35 heavy (non-hydrogen) atoms. The molecule has 1 aliphatic heterocycles. The molecular weight excluding hydrogens is 490 g/mol. The summed E-state index contributed by atoms with van der Waals surface area (Å²) in [5.74, 6) is 0.157. The Hall–Kier alpha value is -2.95. The Kier molecular flexibility index (Phi) is 6.77. The number of hydrogen-bond acceptors (Lipinski definition) is 7. The van der Waals surface area contributed by atoms with Crippen LogP contribution in [0.3, 0.4) is 0 Å². The maximum Gasteiger partial charge on any atom is 0.316 e. The first-order chi connectivity index (χ1) is 16.9. The number of benzene rings is 1. The third-order valence-corrected chi connectivity index (χ3v) is 8.43. The number of piperazine rings is 1. The molecule has 2 aromatic heterocycles. The van der Waals surface area contributed by atoms with E-state index in [9.17, 15) is 13.2 Å². The van der Waals surface area contributed by atoms with Crippen LogP contribution < -0.4 is 15.2 Å². The molecule has 0 bridgehead atoms. The second-order valence-corrected chi connectivity index (χ2v) is 11.1. The summed E-state index contributed by atoms with van der Waals surface area (Å²) in [5, 5.41) is 4.89. The highest BCUT2D eigenvalue weighted by Gasteiger charge is 2.31. The van der Waals surface area contributed by atoms with Crippen LogP contribution in [0, 0.1) is 0 Å². The first-order valence-electron chi connectivity index (χ1n) is 11.6. The summed E-state index contributed by atoms with van der Waals surface area (Å²) >= 11 is 6.12. The summed E-state index contributed by atoms with van der Waals surface area (Å²) in [7, 11) is -3.48. The van der Waals surface area contributed by atoms with Crippen molar-refractivity contribution < 1.29 is 13.2 Å². The fraction of sp³-hybridized carbons (Fsp3) is 0.375. The Morgan fingerprint density at radius 1 is 1.06 bits per heavy atom. The number of nitrogens with zero attached hydrogens (tertiary/aromatic N) is 5. The van der Waals surface area contributed by atoms with Gasteiger partial charge in [-0.1, -0.05) is 23.7 Å². The zero-order chi connectivity index (χ0) is 24.4. The minimum Gasteiger partial charge on any atom is -0.483 e. The number of pyridine rings is 1. The van der Waals surface area contributed by atoms with E-state index in [1.165, 1.54) is 8.99 Å². The minimum absolute atomic E-state index is 0.00203. The highest BCUT2D eigenvalue weighted by atomic mass is 35.5. The van der Waals surface area contributed by atoms with E-state index in [0.717, 1.165) is 19.3 Å². The van der Waals surface area contributed by atoms with E-state index in [4.69, 9.17) is 16.3 Å². The van der Waals surface area contributed by atoms with Gasteiger partial charge in [0, 0.05) is 43.6 Å². The number of anilines is 1. The maximum absolute atomic E-state index is 13.4. The highest BCUT2D eigenvalue weighted by Crippen LogP contribution is 2.31. The Balaban J connectivity index is 1.38. The lowest BCUT2D eigenvalue weighted by molar-refractivity contribution is 0.118. The van der Waals surface area contributed by atoms with Gasteiger partial charge in [0.1, 0.15) is 5.69 Å². The summed E-state index contributed by atoms with van der Waals surface area (Å²) in [6.45, 7) is 1.47. The van der Waals surface area contributed by atoms with Crippen LogP contribution >= 0.6 is 11.6 Å². The Labute approximate surface area is 209 Å². The molecular formula is C24H26ClN5O4S. The quantitative estimate of drug-likeness (QED) is 0.477. The third kappa shape index (κ3) is 5.19. The highest BCUT2D eigenvalue weighted by molar-refractivity contribution is 7.88. The fourth-order valence-electron chi connectivity index (χ4n) is 4.20. The third-order valence-electron chi connectivity index (χ3n) is 6.35. The Bertz CT molecular complexity index is 1350. The first-order valence-corrected chi connectivity index (χ1v) is 13.6. The molecule has 9 nitrogen and oxygen atoms in total. The van der Waals surface area contributed by atoms with Gasteiger partial charge in [-0.3, -0.25) is 9.78 Å². The Morgan fingerprint density at radius 2 is 1.86 bits per heavy atom. The number of aromatic nitrogens is 3. The van der Waals surface area contributed by atoms with Gasteiger partial charge < -0.3 is 9.64 Å². The average molecular weight is 516 g/mol. The first kappa shape index (κ1) is 23.8. The van der Waals surface area contributed by atoms with Crippen molar-refractivity contribution in [3.63, 3.8) is 0 Å². The fourth-order valence-corrected chi connectivity index (χ4v) is 5.88. The SMILES string of the molecule is O=c1c(OC2CCC2)c(N2CCN(S(=O)(=O)Cc3cccnc3)CC2)cnn1-c1cccc(Cl)c1. The van der Waals surface area contributed by atoms with Gasteiger partial charge in [0.05, 0.1) is 23.7 Å². The molecule has 0 spiro atoms. The minimum atomic E-state index is -3.48. The molecule has 0 radical (unpaired) electrons. The summed E-state index contributed by atoms with van der Waals surface area (Å²) in [4.78, 5) is 19.4. The van der Waals surface area contributed by atoms with Crippen molar-refractivity contribution in [1.82, 2.24) is 19.1 Å². The van der Waals surface area contributed by atoms with Crippen LogP contribution in [0.5, 0.6) is 5.75 Å². The number of ether oxygens (including phenoxy) is 1. The molecule has 11 heteroatoms. The summed E-state index contributed by atoms with van der Waals surface area (Å²) in [5.41, 5.74) is 1.44. The number of hydrogen-bond donors (Lipinski definition) is 0. The van der Waals surface area contributed by atoms with Crippen LogP contribution in [0.25, 0.3) is 5.69 Å². The van der Waals surface area contributed by atoms with Crippen molar-refractivity contribution in [2.45, 2.75) is 31.1 Å². The molecule has 3 aromatic rings. The van der Waals surface area contributed by atoms with E-state index in [1.54, 1.807) is 55.0 Å². The lowest BCUT2D eigenvalue weighted by Crippen LogP contribution is -2.49. The van der Waals surface area contributed by atoms with Crippen LogP contribution in [0.4, 0.5) is 5.69 Å². The normalized spacial score (nSPS) is 17.2. The van der Waals surface area contributed by atoms with Crippen molar-refractivity contribution in [2.24, 2.45) is 0 Å². The van der Waals surface area contributed by atoms with Gasteiger partial charge in [-0.2, -0.15) is 14.1 Å². The average Bonchev–Trinajstić information content (AvgIpc) is 2.82. The molecule has 3 heterocycles. The van der Waals surface area contributed by atoms with Crippen molar-refractivity contribution >= 4 is 27.3 Å². The van der Waals surface area contributed by atoms with Crippen LogP contribution in [0.1, 0.15) is 24.8 Å². The van der Waals surface area contributed by atoms with Crippen molar-refractivity contribution in [2.75, 3.05) is 31.1 Å². The smallest absolute Gasteiger partial charge is 0.316 e. The second kappa shape index (κ2) is 9.96. The van der Waals surface area contributed by atoms with E-state index in [1.807, 2.05) is 4.90 Å². The predicted molar refractivity (Wildman–Crippen MR) is 134 cm³/mol. The van der Waals surface area contributed by atoms with E-state index >= 15 is 0 Å². The van der Waals surface area contributed by atoms with Gasteiger partial charge in [-0.25, -0.2) is 8.42 Å². The van der Waals surface area contributed by atoms with Gasteiger partial charge in [0.25, 0.3) is 0 Å². The van der Waals surface area contributed by atoms with Gasteiger partial charge in [-0.05, 0) is 49.1 Å². The van der Waals surface area contributed by atoms with Gasteiger partial charge in [0.2, 0.25) is 15.8 Å². The molecule has 0 amide bonds. The second-order valence-electron chi connectivity index (χ2n) is 8.73. The van der Waals surface area contributed by atoms with Crippen LogP contribution in [-0.4, -0.2) is 59.8 Å². The number of rotatable bonds is 7. The topological polar surface area (TPSA) is 97.6 Å². The summed E-state index contributed by atoms with van der Waals surface area (Å²) in [6, 6.07) is 10.4. The lowest BCUT2D eigenvalue weighted by atomic mass is 9.96. The zero-order valence-electron chi connectivity index (χ0n) is 19.1. The largest absolute Gasteiger partial charge is 0.483 e. The van der Waals surface area contributed by atoms with Crippen molar-refractivity contribution in [3.05, 3.63) is 75.9 Å². The Morgan fingerprint density at radius 3 is 2.51 bits per heavy atom.